The predicted molar refractivity (Wildman–Crippen MR) is 199 cm³/mol. The van der Waals surface area contributed by atoms with Crippen LogP contribution in [0.5, 0.6) is 0 Å². The average Bonchev–Trinajstić information content (AvgIpc) is 3.87. The minimum absolute atomic E-state index is 0.149. The molecule has 2 N–H and O–H groups in total. The molecule has 6 nitrogen and oxygen atoms in total. The molecule has 0 saturated carbocycles. The van der Waals surface area contributed by atoms with Gasteiger partial charge in [0.25, 0.3) is 0 Å². The molecule has 2 aromatic rings. The van der Waals surface area contributed by atoms with Gasteiger partial charge in [-0.2, -0.15) is 0 Å². The molecule has 11 heteroatoms. The van der Waals surface area contributed by atoms with E-state index in [1.807, 2.05) is 39.8 Å². The van der Waals surface area contributed by atoms with Crippen LogP contribution in [-0.2, 0) is 48.5 Å². The fourth-order valence-corrected chi connectivity index (χ4v) is 15.4. The molecule has 0 fully saturated rings. The van der Waals surface area contributed by atoms with Crippen molar-refractivity contribution in [3.8, 4) is 0 Å². The molecule has 0 atom stereocenters. The van der Waals surface area contributed by atoms with Crippen LogP contribution in [0.25, 0.3) is 0 Å². The summed E-state index contributed by atoms with van der Waals surface area (Å²) in [5.41, 5.74) is -0.852. The number of rotatable bonds is 20. The summed E-state index contributed by atoms with van der Waals surface area (Å²) in [5, 5.41) is 5.83. The summed E-state index contributed by atoms with van der Waals surface area (Å²) in [5.74, 6) is -3.54. The molecule has 0 saturated heterocycles. The first-order chi connectivity index (χ1) is 25.2. The molecule has 0 radical (unpaired) electrons. The Morgan fingerprint density at radius 2 is 1.08 bits per heavy atom. The van der Waals surface area contributed by atoms with Crippen molar-refractivity contribution in [2.24, 2.45) is 10.8 Å². The van der Waals surface area contributed by atoms with Gasteiger partial charge in [-0.15, -0.1) is 0 Å². The van der Waals surface area contributed by atoms with Gasteiger partial charge in [0.15, 0.2) is 0 Å². The number of amides is 2. The number of carbonyl (C=O) groups is 2. The van der Waals surface area contributed by atoms with E-state index in [2.05, 4.69) is 10.6 Å². The Kier molecular flexibility index (Phi) is 15.1. The van der Waals surface area contributed by atoms with Crippen molar-refractivity contribution in [2.75, 3.05) is 40.5 Å². The van der Waals surface area contributed by atoms with E-state index in [4.69, 9.17) is 9.47 Å². The molecule has 2 aromatic carbocycles. The Bertz CT molecular complexity index is 1640. The van der Waals surface area contributed by atoms with E-state index in [9.17, 15) is 9.59 Å². The van der Waals surface area contributed by atoms with E-state index in [0.717, 1.165) is 0 Å². The number of allylic oxidation sites excluding steroid dienone is 8. The van der Waals surface area contributed by atoms with E-state index in [1.54, 1.807) is 38.5 Å². The van der Waals surface area contributed by atoms with Crippen LogP contribution in [0.1, 0.15) is 77.3 Å². The second kappa shape index (κ2) is 18.8. The number of ether oxygens (including phenoxy) is 2. The van der Waals surface area contributed by atoms with Gasteiger partial charge < -0.3 is 0 Å². The van der Waals surface area contributed by atoms with Crippen LogP contribution in [0.2, 0.25) is 0 Å². The third-order valence-corrected chi connectivity index (χ3v) is 18.4. The number of halogens is 4. The number of hydrogen-bond acceptors (Lipinski definition) is 4. The van der Waals surface area contributed by atoms with Crippen LogP contribution in [0, 0.1) is 34.1 Å². The fraction of sp³-hybridized carbons (Fsp3) is 0.476. The average molecular weight is 775 g/mol. The number of aryl methyl sites for hydroxylation is 2. The van der Waals surface area contributed by atoms with Gasteiger partial charge in [-0.25, -0.2) is 0 Å². The third-order valence-electron chi connectivity index (χ3n) is 10.5. The van der Waals surface area contributed by atoms with Gasteiger partial charge in [-0.3, -0.25) is 0 Å². The Balaban J connectivity index is 1.70. The quantitative estimate of drug-likeness (QED) is 0.0845. The summed E-state index contributed by atoms with van der Waals surface area (Å²) >= 11 is -4.99. The Morgan fingerprint density at radius 1 is 0.679 bits per heavy atom. The monoisotopic (exact) mass is 774 g/mol. The number of nitrogens with one attached hydrogen (secondary N) is 2. The van der Waals surface area contributed by atoms with Gasteiger partial charge in [-0.05, 0) is 0 Å². The number of hydrogen-bond donors (Lipinski definition) is 2. The molecular weight excluding hydrogens is 720 g/mol. The Morgan fingerprint density at radius 3 is 1.42 bits per heavy atom. The predicted octanol–water partition coefficient (Wildman–Crippen LogP) is 7.26. The molecule has 53 heavy (non-hydrogen) atoms. The Labute approximate surface area is 315 Å². The van der Waals surface area contributed by atoms with Crippen LogP contribution in [0.3, 0.4) is 0 Å². The molecule has 0 bridgehead atoms. The molecule has 0 aliphatic heterocycles. The maximum absolute atomic E-state index is 17.1. The normalized spacial score (nSPS) is 14.5. The van der Waals surface area contributed by atoms with Gasteiger partial charge in [0.2, 0.25) is 0 Å². The van der Waals surface area contributed by atoms with E-state index in [1.165, 1.54) is 24.3 Å². The summed E-state index contributed by atoms with van der Waals surface area (Å²) < 4.78 is 78.2. The number of carbonyl (C=O) groups excluding carboxylic acids is 2. The summed E-state index contributed by atoms with van der Waals surface area (Å²) in [6, 6.07) is 5.20. The van der Waals surface area contributed by atoms with Crippen LogP contribution in [0.4, 0.5) is 17.6 Å². The topological polar surface area (TPSA) is 76.7 Å². The number of benzene rings is 2. The summed E-state index contributed by atoms with van der Waals surface area (Å²) in [6.07, 6.45) is 13.7. The maximum atomic E-state index is 17.1. The first kappa shape index (κ1) is 42.4. The van der Waals surface area contributed by atoms with Crippen LogP contribution in [0.15, 0.2) is 68.5 Å². The molecule has 2 amide bonds. The zero-order valence-electron chi connectivity index (χ0n) is 31.9. The summed E-state index contributed by atoms with van der Waals surface area (Å²) in [4.78, 5) is 25.6. The fourth-order valence-electron chi connectivity index (χ4n) is 7.07. The SMILES string of the molecule is COCCC(C)(C)C(=O)NCCCc1ccc(F)[c]([Ti]([C]2=CC=CC2)([C]2=CC=CC2)[c]2c(F)ccc(CCCNC(=O)C(C)(C)CCOC)c2F)c1F. The third kappa shape index (κ3) is 9.69. The zero-order valence-corrected chi connectivity index (χ0v) is 33.5. The first-order valence-corrected chi connectivity index (χ1v) is 21.6. The van der Waals surface area contributed by atoms with E-state index < -0.39 is 50.7 Å². The van der Waals surface area contributed by atoms with Gasteiger partial charge >= 0.3 is 302 Å². The summed E-state index contributed by atoms with van der Waals surface area (Å²) in [6.45, 7) is 8.73. The molecular formula is C42H54F4N2O4Ti. The number of methoxy groups -OCH3 is 2. The standard InChI is InChI=1S/2C16H22F2NO2.2C5H5.Ti/c2*1-16(2,8-10-21-3)15(20)19-9-4-5-12-6-7-13(17)11-14(12)18;2*1-2-4-5-3-1;/h2*6-7H,4-5,8-10H2,1-3H3,(H,19,20);2*1-3H,4H2;. The van der Waals surface area contributed by atoms with E-state index in [0.29, 0.717) is 59.5 Å². The van der Waals surface area contributed by atoms with Crippen molar-refractivity contribution in [2.45, 2.75) is 79.1 Å². The minimum atomic E-state index is -4.99. The zero-order chi connectivity index (χ0) is 38.8. The second-order valence-corrected chi connectivity index (χ2v) is 21.1. The molecule has 4 rings (SSSR count). The molecule has 288 valence electrons. The van der Waals surface area contributed by atoms with Gasteiger partial charge in [0.1, 0.15) is 0 Å². The van der Waals surface area contributed by atoms with E-state index >= 15 is 17.6 Å². The van der Waals surface area contributed by atoms with Crippen molar-refractivity contribution in [1.29, 1.82) is 0 Å². The van der Waals surface area contributed by atoms with Crippen molar-refractivity contribution < 1.29 is 53.2 Å². The molecule has 0 aromatic heterocycles. The molecule has 2 aliphatic carbocycles. The summed E-state index contributed by atoms with van der Waals surface area (Å²) in [7, 11) is 3.16. The molecule has 0 unspecified atom stereocenters. The van der Waals surface area contributed by atoms with Crippen LogP contribution in [-0.4, -0.2) is 52.3 Å². The Hall–Kier alpha value is -3.31. The van der Waals surface area contributed by atoms with Gasteiger partial charge in [0, 0.05) is 14.2 Å². The van der Waals surface area contributed by atoms with Crippen LogP contribution < -0.4 is 18.4 Å². The second-order valence-electron chi connectivity index (χ2n) is 15.2. The van der Waals surface area contributed by atoms with Crippen molar-refractivity contribution in [3.63, 3.8) is 0 Å². The van der Waals surface area contributed by atoms with E-state index in [-0.39, 0.29) is 56.6 Å². The molecule has 0 heterocycles. The van der Waals surface area contributed by atoms with Gasteiger partial charge in [0.05, 0.1) is 0 Å². The molecule has 0 spiro atoms. The van der Waals surface area contributed by atoms with Crippen molar-refractivity contribution in [3.05, 3.63) is 103 Å². The first-order valence-electron chi connectivity index (χ1n) is 18.4. The van der Waals surface area contributed by atoms with Crippen molar-refractivity contribution in [1.82, 2.24) is 10.6 Å². The van der Waals surface area contributed by atoms with Gasteiger partial charge in [-0.1, -0.05) is 0 Å². The van der Waals surface area contributed by atoms with Crippen LogP contribution >= 0.6 is 0 Å². The van der Waals surface area contributed by atoms with Crippen molar-refractivity contribution >= 4 is 19.6 Å². The molecule has 2 aliphatic rings.